The Kier molecular flexibility index (Phi) is 6.62. The Hall–Kier alpha value is -6.96. The van der Waals surface area contributed by atoms with E-state index in [2.05, 4.69) is 205 Å². The molecule has 0 spiro atoms. The molecule has 1 heterocycles. The van der Waals surface area contributed by atoms with E-state index >= 15 is 0 Å². The van der Waals surface area contributed by atoms with Crippen LogP contribution in [0, 0.1) is 0 Å². The second-order valence-electron chi connectivity index (χ2n) is 14.2. The fraction of sp³-hybridized carbons (Fsp3) is 0. The number of rotatable bonds is 4. The first-order valence-corrected chi connectivity index (χ1v) is 18.3. The molecule has 0 atom stereocenters. The molecule has 0 bridgehead atoms. The van der Waals surface area contributed by atoms with Crippen LogP contribution in [0.1, 0.15) is 0 Å². The highest BCUT2D eigenvalue weighted by Crippen LogP contribution is 2.39. The molecule has 11 rings (SSSR count). The molecule has 10 aromatic carbocycles. The zero-order chi connectivity index (χ0) is 34.9. The number of fused-ring (bicyclic) bond motifs is 9. The Morgan fingerprint density at radius 1 is 0.226 bits per heavy atom. The summed E-state index contributed by atoms with van der Waals surface area (Å²) in [6.07, 6.45) is 0. The van der Waals surface area contributed by atoms with Gasteiger partial charge < -0.3 is 4.57 Å². The van der Waals surface area contributed by atoms with E-state index in [1.54, 1.807) is 0 Å². The summed E-state index contributed by atoms with van der Waals surface area (Å²) in [5.74, 6) is 0. The third kappa shape index (κ3) is 4.86. The van der Waals surface area contributed by atoms with Gasteiger partial charge in [-0.3, -0.25) is 0 Å². The summed E-state index contributed by atoms with van der Waals surface area (Å²) in [6.45, 7) is 0. The molecule has 0 saturated heterocycles. The molecule has 0 aliphatic carbocycles. The highest BCUT2D eigenvalue weighted by atomic mass is 15.0. The van der Waals surface area contributed by atoms with Gasteiger partial charge in [0.1, 0.15) is 0 Å². The third-order valence-corrected chi connectivity index (χ3v) is 11.2. The zero-order valence-electron chi connectivity index (χ0n) is 29.0. The fourth-order valence-electron chi connectivity index (χ4n) is 8.47. The van der Waals surface area contributed by atoms with Crippen molar-refractivity contribution in [3.63, 3.8) is 0 Å². The van der Waals surface area contributed by atoms with Crippen LogP contribution in [0.4, 0.5) is 0 Å². The van der Waals surface area contributed by atoms with Gasteiger partial charge in [-0.15, -0.1) is 0 Å². The van der Waals surface area contributed by atoms with Gasteiger partial charge in [0.15, 0.2) is 0 Å². The fourth-order valence-corrected chi connectivity index (χ4v) is 8.47. The molecule has 0 unspecified atom stereocenters. The van der Waals surface area contributed by atoms with Crippen molar-refractivity contribution in [2.45, 2.75) is 0 Å². The molecule has 0 amide bonds. The number of hydrogen-bond acceptors (Lipinski definition) is 0. The molecule has 1 heteroatoms. The van der Waals surface area contributed by atoms with Gasteiger partial charge >= 0.3 is 0 Å². The lowest BCUT2D eigenvalue weighted by Gasteiger charge is -2.12. The van der Waals surface area contributed by atoms with Crippen molar-refractivity contribution in [3.8, 4) is 39.1 Å². The lowest BCUT2D eigenvalue weighted by molar-refractivity contribution is 1.19. The van der Waals surface area contributed by atoms with Gasteiger partial charge in [-0.05, 0) is 107 Å². The summed E-state index contributed by atoms with van der Waals surface area (Å²) in [5.41, 5.74) is 10.9. The minimum atomic E-state index is 1.16. The summed E-state index contributed by atoms with van der Waals surface area (Å²) in [5, 5.41) is 12.7. The van der Waals surface area contributed by atoms with E-state index in [0.717, 1.165) is 5.69 Å². The van der Waals surface area contributed by atoms with E-state index in [-0.39, 0.29) is 0 Å². The maximum absolute atomic E-state index is 2.46. The third-order valence-electron chi connectivity index (χ3n) is 11.2. The number of nitrogens with zero attached hydrogens (tertiary/aromatic N) is 1. The Labute approximate surface area is 307 Å². The Bertz CT molecular complexity index is 3200. The Morgan fingerprint density at radius 3 is 1.21 bits per heavy atom. The lowest BCUT2D eigenvalue weighted by atomic mass is 9.96. The standard InChI is InChI=1S/C52H33N/c1-2-8-34(9-3-1)40-23-27-49-50-28-24-41(36-16-14-35(15-17-36)39-22-26-47-42(30-39)20-18-37-10-4-6-12-45(37)47)33-52(50)53(51(49)32-40)44-25-29-48-43(31-44)21-19-38-11-5-7-13-46(38)48/h1-33H. The van der Waals surface area contributed by atoms with E-state index in [0.29, 0.717) is 0 Å². The Morgan fingerprint density at radius 2 is 0.623 bits per heavy atom. The van der Waals surface area contributed by atoms with Gasteiger partial charge in [-0.25, -0.2) is 0 Å². The van der Waals surface area contributed by atoms with Crippen LogP contribution >= 0.6 is 0 Å². The van der Waals surface area contributed by atoms with Crippen LogP contribution in [0.25, 0.3) is 104 Å². The molecule has 11 aromatic rings. The van der Waals surface area contributed by atoms with Gasteiger partial charge in [-0.1, -0.05) is 170 Å². The number of hydrogen-bond donors (Lipinski definition) is 0. The lowest BCUT2D eigenvalue weighted by Crippen LogP contribution is -1.95. The molecule has 0 aliphatic heterocycles. The van der Waals surface area contributed by atoms with Gasteiger partial charge in [-0.2, -0.15) is 0 Å². The zero-order valence-corrected chi connectivity index (χ0v) is 29.0. The minimum absolute atomic E-state index is 1.16. The van der Waals surface area contributed by atoms with Crippen LogP contribution in [0.5, 0.6) is 0 Å². The SMILES string of the molecule is c1ccc(-c2ccc3c4ccc(-c5ccc(-c6ccc7c(ccc8ccccc87)c6)cc5)cc4n(-c4ccc5c(ccc6ccccc65)c4)c3c2)cc1. The van der Waals surface area contributed by atoms with Gasteiger partial charge in [0, 0.05) is 16.5 Å². The van der Waals surface area contributed by atoms with Crippen molar-refractivity contribution in [2.24, 2.45) is 0 Å². The number of aromatic nitrogens is 1. The summed E-state index contributed by atoms with van der Waals surface area (Å²) >= 11 is 0. The summed E-state index contributed by atoms with van der Waals surface area (Å²) < 4.78 is 2.46. The predicted octanol–water partition coefficient (Wildman–Crippen LogP) is 14.4. The maximum atomic E-state index is 2.46. The molecule has 246 valence electrons. The van der Waals surface area contributed by atoms with Crippen molar-refractivity contribution in [3.05, 3.63) is 200 Å². The highest BCUT2D eigenvalue weighted by Gasteiger charge is 2.16. The van der Waals surface area contributed by atoms with Crippen LogP contribution in [0.2, 0.25) is 0 Å². The van der Waals surface area contributed by atoms with Gasteiger partial charge in [0.05, 0.1) is 11.0 Å². The smallest absolute Gasteiger partial charge is 0.0547 e. The molecule has 0 fully saturated rings. The summed E-state index contributed by atoms with van der Waals surface area (Å²) in [7, 11) is 0. The van der Waals surface area contributed by atoms with Crippen LogP contribution < -0.4 is 0 Å². The van der Waals surface area contributed by atoms with Crippen molar-refractivity contribution < 1.29 is 0 Å². The van der Waals surface area contributed by atoms with Crippen LogP contribution in [0.15, 0.2) is 200 Å². The Balaban J connectivity index is 1.05. The van der Waals surface area contributed by atoms with Crippen molar-refractivity contribution in [1.82, 2.24) is 4.57 Å². The molecule has 0 radical (unpaired) electrons. The van der Waals surface area contributed by atoms with E-state index in [4.69, 9.17) is 0 Å². The summed E-state index contributed by atoms with van der Waals surface area (Å²) in [4.78, 5) is 0. The minimum Gasteiger partial charge on any atom is -0.309 e. The van der Waals surface area contributed by atoms with Crippen molar-refractivity contribution in [2.75, 3.05) is 0 Å². The van der Waals surface area contributed by atoms with Gasteiger partial charge in [0.25, 0.3) is 0 Å². The van der Waals surface area contributed by atoms with E-state index in [1.165, 1.54) is 98.3 Å². The van der Waals surface area contributed by atoms with Crippen LogP contribution in [0.3, 0.4) is 0 Å². The molecule has 0 N–H and O–H groups in total. The largest absolute Gasteiger partial charge is 0.309 e. The van der Waals surface area contributed by atoms with E-state index in [1.807, 2.05) is 0 Å². The second-order valence-corrected chi connectivity index (χ2v) is 14.2. The first kappa shape index (κ1) is 29.7. The van der Waals surface area contributed by atoms with Crippen LogP contribution in [-0.2, 0) is 0 Å². The molecular weight excluding hydrogens is 639 g/mol. The summed E-state index contributed by atoms with van der Waals surface area (Å²) in [6, 6.07) is 73.6. The second kappa shape index (κ2) is 11.8. The molecule has 1 aromatic heterocycles. The maximum Gasteiger partial charge on any atom is 0.0547 e. The molecule has 0 saturated carbocycles. The van der Waals surface area contributed by atoms with E-state index in [9.17, 15) is 0 Å². The average Bonchev–Trinajstić information content (AvgIpc) is 3.56. The quantitative estimate of drug-likeness (QED) is 0.164. The molecule has 0 aliphatic rings. The van der Waals surface area contributed by atoms with Crippen molar-refractivity contribution >= 4 is 64.9 Å². The first-order chi connectivity index (χ1) is 26.2. The van der Waals surface area contributed by atoms with Crippen molar-refractivity contribution in [1.29, 1.82) is 0 Å². The molecule has 53 heavy (non-hydrogen) atoms. The number of benzene rings is 10. The topological polar surface area (TPSA) is 4.93 Å². The monoisotopic (exact) mass is 671 g/mol. The average molecular weight is 672 g/mol. The normalized spacial score (nSPS) is 11.8. The van der Waals surface area contributed by atoms with E-state index < -0.39 is 0 Å². The predicted molar refractivity (Wildman–Crippen MR) is 227 cm³/mol. The molecular formula is C52H33N. The van der Waals surface area contributed by atoms with Crippen LogP contribution in [-0.4, -0.2) is 4.57 Å². The van der Waals surface area contributed by atoms with Gasteiger partial charge in [0.2, 0.25) is 0 Å². The highest BCUT2D eigenvalue weighted by molar-refractivity contribution is 6.13. The molecule has 1 nitrogen and oxygen atoms in total. The first-order valence-electron chi connectivity index (χ1n) is 18.3.